The second-order valence-electron chi connectivity index (χ2n) is 2.49. The molecule has 0 saturated carbocycles. The van der Waals surface area contributed by atoms with E-state index in [4.69, 9.17) is 10.2 Å². The first-order valence-corrected chi connectivity index (χ1v) is 4.77. The summed E-state index contributed by atoms with van der Waals surface area (Å²) in [4.78, 5) is 0. The number of nitrogens with one attached hydrogen (secondary N) is 2. The fraction of sp³-hybridized carbons (Fsp3) is 0.667. The number of nitrogens with zero attached hydrogens (tertiary/aromatic N) is 1. The number of rotatable bonds is 1. The molecule has 1 saturated heterocycles. The van der Waals surface area contributed by atoms with Gasteiger partial charge in [0.15, 0.2) is 0 Å². The molecule has 9 heteroatoms. The average Bonchev–Trinajstić information content (AvgIpc) is 2.03. The van der Waals surface area contributed by atoms with E-state index in [0.29, 0.717) is 0 Å². The van der Waals surface area contributed by atoms with Crippen molar-refractivity contribution in [1.82, 2.24) is 15.8 Å². The van der Waals surface area contributed by atoms with Crippen LogP contribution in [0.4, 0.5) is 0 Å². The van der Waals surface area contributed by atoms with Crippen molar-refractivity contribution < 1.29 is 10.2 Å². The fourth-order valence-electron chi connectivity index (χ4n) is 0.912. The van der Waals surface area contributed by atoms with Gasteiger partial charge in [0.05, 0.1) is 0 Å². The standard InChI is InChI=1S/C5H11N3OS.CH3NOS.Na.H/c9-5(10)7-8-3-1-6-2-4-8;2-1(3)4;;/h6H,1-4H2,(H2,7,9,10);(H3,2,3,4);;. The van der Waals surface area contributed by atoms with Gasteiger partial charge in [-0.3, -0.25) is 5.43 Å². The number of hydrogen-bond donors (Lipinski definition) is 5. The summed E-state index contributed by atoms with van der Waals surface area (Å²) in [5.41, 5.74) is 7.06. The number of nitrogens with two attached hydrogens (primary N) is 1. The quantitative estimate of drug-likeness (QED) is 0.284. The number of aliphatic hydroxyl groups excluding tert-OH is 2. The zero-order chi connectivity index (χ0) is 11.0. The van der Waals surface area contributed by atoms with Gasteiger partial charge in [0.1, 0.15) is 0 Å². The number of thiocarbonyl (C=S) groups is 2. The topological polar surface area (TPSA) is 93.8 Å². The number of piperazine rings is 1. The molecule has 0 spiro atoms. The van der Waals surface area contributed by atoms with Crippen molar-refractivity contribution >= 4 is 64.3 Å². The summed E-state index contributed by atoms with van der Waals surface area (Å²) in [6.07, 6.45) is 0. The molecule has 0 aromatic heterocycles. The Balaban J connectivity index is 0. The molecule has 0 aromatic rings. The summed E-state index contributed by atoms with van der Waals surface area (Å²) in [7, 11) is 0. The Labute approximate surface area is 121 Å². The third-order valence-electron chi connectivity index (χ3n) is 1.37. The monoisotopic (exact) mass is 262 g/mol. The van der Waals surface area contributed by atoms with Crippen LogP contribution in [-0.4, -0.2) is 81.3 Å². The molecule has 1 aliphatic heterocycles. The summed E-state index contributed by atoms with van der Waals surface area (Å²) in [6.45, 7) is 3.63. The van der Waals surface area contributed by atoms with Crippen molar-refractivity contribution in [2.75, 3.05) is 26.2 Å². The Morgan fingerprint density at radius 3 is 2.00 bits per heavy atom. The normalized spacial score (nSPS) is 15.2. The van der Waals surface area contributed by atoms with Crippen molar-refractivity contribution in [2.45, 2.75) is 0 Å². The van der Waals surface area contributed by atoms with Crippen molar-refractivity contribution in [3.05, 3.63) is 0 Å². The molecule has 0 radical (unpaired) electrons. The van der Waals surface area contributed by atoms with Gasteiger partial charge < -0.3 is 21.3 Å². The molecule has 84 valence electrons. The SMILES string of the molecule is NC(O)=S.OC(=S)NN1CCNCC1.[NaH]. The zero-order valence-corrected chi connectivity index (χ0v) is 9.20. The van der Waals surface area contributed by atoms with Gasteiger partial charge in [-0.1, -0.05) is 0 Å². The van der Waals surface area contributed by atoms with Gasteiger partial charge in [0.25, 0.3) is 10.3 Å². The number of hydrogen-bond acceptors (Lipinski definition) is 4. The Morgan fingerprint density at radius 2 is 1.67 bits per heavy atom. The van der Waals surface area contributed by atoms with Crippen molar-refractivity contribution in [3.63, 3.8) is 0 Å². The first kappa shape index (κ1) is 17.7. The van der Waals surface area contributed by atoms with E-state index in [2.05, 4.69) is 40.9 Å². The molecule has 0 unspecified atom stereocenters. The summed E-state index contributed by atoms with van der Waals surface area (Å²) in [5, 5.41) is 20.6. The molecule has 0 aliphatic carbocycles. The van der Waals surface area contributed by atoms with E-state index in [1.807, 2.05) is 5.01 Å². The van der Waals surface area contributed by atoms with E-state index < -0.39 is 5.17 Å². The second-order valence-corrected chi connectivity index (χ2v) is 3.30. The predicted octanol–water partition coefficient (Wildman–Crippen LogP) is -1.62. The molecular weight excluding hydrogens is 247 g/mol. The van der Waals surface area contributed by atoms with Crippen LogP contribution in [0, 0.1) is 0 Å². The number of hydrazine groups is 1. The van der Waals surface area contributed by atoms with E-state index in [0.717, 1.165) is 26.2 Å². The molecule has 1 aliphatic rings. The van der Waals surface area contributed by atoms with Crippen LogP contribution in [0.2, 0.25) is 0 Å². The Bertz CT molecular complexity index is 198. The van der Waals surface area contributed by atoms with E-state index in [1.165, 1.54) is 0 Å². The van der Waals surface area contributed by atoms with E-state index in [-0.39, 0.29) is 34.7 Å². The zero-order valence-electron chi connectivity index (χ0n) is 7.56. The predicted molar refractivity (Wildman–Crippen MR) is 69.4 cm³/mol. The molecule has 15 heavy (non-hydrogen) atoms. The maximum atomic E-state index is 8.66. The van der Waals surface area contributed by atoms with Crippen molar-refractivity contribution in [1.29, 1.82) is 0 Å². The third-order valence-corrected chi connectivity index (χ3v) is 1.46. The first-order valence-electron chi connectivity index (χ1n) is 3.96. The minimum atomic E-state index is -0.500. The Kier molecular flexibility index (Phi) is 12.7. The molecule has 6 N–H and O–H groups in total. The van der Waals surface area contributed by atoms with Crippen LogP contribution in [0.3, 0.4) is 0 Å². The molecule has 1 rings (SSSR count). The average molecular weight is 262 g/mol. The van der Waals surface area contributed by atoms with Gasteiger partial charge in [-0.05, 0) is 24.4 Å². The molecule has 0 amide bonds. The third kappa shape index (κ3) is 14.3. The second kappa shape index (κ2) is 10.8. The summed E-state index contributed by atoms with van der Waals surface area (Å²) >= 11 is 8.33. The van der Waals surface area contributed by atoms with E-state index in [9.17, 15) is 0 Å². The number of aliphatic hydroxyl groups is 2. The van der Waals surface area contributed by atoms with Gasteiger partial charge >= 0.3 is 29.6 Å². The van der Waals surface area contributed by atoms with Gasteiger partial charge in [-0.15, -0.1) is 0 Å². The van der Waals surface area contributed by atoms with E-state index in [1.54, 1.807) is 0 Å². The van der Waals surface area contributed by atoms with Gasteiger partial charge in [0.2, 0.25) is 0 Å². The first-order chi connectivity index (χ1) is 6.52. The molecule has 0 aromatic carbocycles. The van der Waals surface area contributed by atoms with Crippen LogP contribution in [0.25, 0.3) is 0 Å². The van der Waals surface area contributed by atoms with Crippen LogP contribution in [-0.2, 0) is 0 Å². The summed E-state index contributed by atoms with van der Waals surface area (Å²) < 4.78 is 0. The molecule has 6 nitrogen and oxygen atoms in total. The summed E-state index contributed by atoms with van der Waals surface area (Å²) in [5.74, 6) is 0. The Morgan fingerprint density at radius 1 is 1.27 bits per heavy atom. The van der Waals surface area contributed by atoms with Crippen LogP contribution < -0.4 is 16.5 Å². The maximum absolute atomic E-state index is 8.66. The van der Waals surface area contributed by atoms with Crippen molar-refractivity contribution in [2.24, 2.45) is 5.73 Å². The molecular formula is C6H15N4NaO2S2. The molecule has 1 heterocycles. The van der Waals surface area contributed by atoms with Crippen LogP contribution in [0.15, 0.2) is 0 Å². The van der Waals surface area contributed by atoms with Gasteiger partial charge in [0, 0.05) is 26.2 Å². The van der Waals surface area contributed by atoms with E-state index >= 15 is 0 Å². The van der Waals surface area contributed by atoms with Crippen LogP contribution >= 0.6 is 24.4 Å². The molecule has 1 fully saturated rings. The van der Waals surface area contributed by atoms with Crippen molar-refractivity contribution in [3.8, 4) is 0 Å². The van der Waals surface area contributed by atoms with Crippen LogP contribution in [0.5, 0.6) is 0 Å². The molecule has 0 atom stereocenters. The summed E-state index contributed by atoms with van der Waals surface area (Å²) in [6, 6.07) is 0. The van der Waals surface area contributed by atoms with Gasteiger partial charge in [-0.25, -0.2) is 5.01 Å². The fourth-order valence-corrected chi connectivity index (χ4v) is 1.04. The van der Waals surface area contributed by atoms with Gasteiger partial charge in [-0.2, -0.15) is 0 Å². The minimum absolute atomic E-state index is 0. The Hall–Kier alpha value is 0.300. The molecule has 0 bridgehead atoms. The van der Waals surface area contributed by atoms with Crippen LogP contribution in [0.1, 0.15) is 0 Å².